The monoisotopic (exact) mass is 280 g/mol. The van der Waals surface area contributed by atoms with Crippen molar-refractivity contribution >= 4 is 11.0 Å². The summed E-state index contributed by atoms with van der Waals surface area (Å²) in [4.78, 5) is 4.50. The summed E-state index contributed by atoms with van der Waals surface area (Å²) in [6.45, 7) is 5.24. The number of aromatic nitrogens is 1. The van der Waals surface area contributed by atoms with Gasteiger partial charge in [0.25, 0.3) is 0 Å². The van der Waals surface area contributed by atoms with Crippen molar-refractivity contribution in [3.05, 3.63) is 66.2 Å². The van der Waals surface area contributed by atoms with Crippen LogP contribution in [0.15, 0.2) is 59.3 Å². The first kappa shape index (κ1) is 13.8. The molecule has 0 aliphatic heterocycles. The number of pyridine rings is 1. The van der Waals surface area contributed by atoms with Gasteiger partial charge in [-0.05, 0) is 24.7 Å². The molecule has 1 aromatic carbocycles. The quantitative estimate of drug-likeness (QED) is 0.758. The van der Waals surface area contributed by atoms with Crippen molar-refractivity contribution in [3.63, 3.8) is 0 Å². The van der Waals surface area contributed by atoms with Crippen molar-refractivity contribution in [2.45, 2.75) is 25.8 Å². The Hall–Kier alpha value is -2.13. The molecule has 3 rings (SSSR count). The zero-order valence-corrected chi connectivity index (χ0v) is 12.4. The fourth-order valence-electron chi connectivity index (χ4n) is 2.83. The molecule has 108 valence electrons. The summed E-state index contributed by atoms with van der Waals surface area (Å²) in [6.07, 6.45) is 3.72. The number of rotatable bonds is 5. The van der Waals surface area contributed by atoms with Crippen LogP contribution in [0, 0.1) is 0 Å². The van der Waals surface area contributed by atoms with E-state index >= 15 is 0 Å². The smallest absolute Gasteiger partial charge is 0.134 e. The van der Waals surface area contributed by atoms with Crippen molar-refractivity contribution in [1.29, 1.82) is 0 Å². The van der Waals surface area contributed by atoms with Crippen LogP contribution in [-0.4, -0.2) is 11.5 Å². The molecule has 0 radical (unpaired) electrons. The van der Waals surface area contributed by atoms with E-state index < -0.39 is 0 Å². The average Bonchev–Trinajstić information content (AvgIpc) is 2.97. The second kappa shape index (κ2) is 6.10. The molecule has 0 aliphatic rings. The topological polar surface area (TPSA) is 38.1 Å². The molecule has 21 heavy (non-hydrogen) atoms. The standard InChI is InChI=1S/C18H20N2O/c1-3-19-18(13(2)16-9-6-7-11-20-16)15-12-21-17-10-5-4-8-14(15)17/h4-13,18-19H,3H2,1-2H3. The predicted octanol–water partition coefficient (Wildman–Crippen LogP) is 4.28. The van der Waals surface area contributed by atoms with Gasteiger partial charge in [-0.3, -0.25) is 4.98 Å². The maximum Gasteiger partial charge on any atom is 0.134 e. The van der Waals surface area contributed by atoms with E-state index in [-0.39, 0.29) is 12.0 Å². The second-order valence-electron chi connectivity index (χ2n) is 5.27. The molecule has 2 heterocycles. The molecule has 0 fully saturated rings. The van der Waals surface area contributed by atoms with E-state index in [1.807, 2.05) is 36.7 Å². The van der Waals surface area contributed by atoms with Gasteiger partial charge in [-0.1, -0.05) is 38.1 Å². The van der Waals surface area contributed by atoms with Crippen molar-refractivity contribution < 1.29 is 4.42 Å². The molecule has 2 atom stereocenters. The highest BCUT2D eigenvalue weighted by Crippen LogP contribution is 2.34. The zero-order chi connectivity index (χ0) is 14.7. The molecule has 0 spiro atoms. The van der Waals surface area contributed by atoms with Crippen LogP contribution in [0.5, 0.6) is 0 Å². The van der Waals surface area contributed by atoms with Gasteiger partial charge in [-0.25, -0.2) is 0 Å². The van der Waals surface area contributed by atoms with E-state index in [0.717, 1.165) is 17.8 Å². The highest BCUT2D eigenvalue weighted by Gasteiger charge is 2.24. The molecular weight excluding hydrogens is 260 g/mol. The van der Waals surface area contributed by atoms with Crippen LogP contribution in [0.1, 0.15) is 37.1 Å². The van der Waals surface area contributed by atoms with E-state index in [0.29, 0.717) is 0 Å². The Morgan fingerprint density at radius 3 is 2.71 bits per heavy atom. The van der Waals surface area contributed by atoms with Crippen molar-refractivity contribution in [1.82, 2.24) is 10.3 Å². The van der Waals surface area contributed by atoms with Crippen LogP contribution in [0.2, 0.25) is 0 Å². The van der Waals surface area contributed by atoms with Gasteiger partial charge in [0.2, 0.25) is 0 Å². The number of benzene rings is 1. The highest BCUT2D eigenvalue weighted by atomic mass is 16.3. The highest BCUT2D eigenvalue weighted by molar-refractivity contribution is 5.81. The molecule has 3 heteroatoms. The van der Waals surface area contributed by atoms with Gasteiger partial charge in [0.05, 0.1) is 6.26 Å². The summed E-state index contributed by atoms with van der Waals surface area (Å²) in [7, 11) is 0. The van der Waals surface area contributed by atoms with Crippen molar-refractivity contribution in [2.24, 2.45) is 0 Å². The Balaban J connectivity index is 2.01. The zero-order valence-electron chi connectivity index (χ0n) is 12.4. The van der Waals surface area contributed by atoms with Gasteiger partial charge in [0, 0.05) is 34.8 Å². The molecule has 0 saturated carbocycles. The summed E-state index contributed by atoms with van der Waals surface area (Å²) < 4.78 is 5.70. The lowest BCUT2D eigenvalue weighted by Gasteiger charge is -2.24. The third-order valence-corrected chi connectivity index (χ3v) is 3.92. The van der Waals surface area contributed by atoms with Crippen LogP contribution in [0.25, 0.3) is 11.0 Å². The molecular formula is C18H20N2O. The molecule has 1 N–H and O–H groups in total. The lowest BCUT2D eigenvalue weighted by atomic mass is 9.91. The fourth-order valence-corrected chi connectivity index (χ4v) is 2.83. The number of nitrogens with one attached hydrogen (secondary N) is 1. The minimum Gasteiger partial charge on any atom is -0.464 e. The molecule has 3 aromatic rings. The predicted molar refractivity (Wildman–Crippen MR) is 85.3 cm³/mol. The molecule has 2 aromatic heterocycles. The van der Waals surface area contributed by atoms with E-state index in [2.05, 4.69) is 42.3 Å². The van der Waals surface area contributed by atoms with Crippen LogP contribution >= 0.6 is 0 Å². The van der Waals surface area contributed by atoms with E-state index in [4.69, 9.17) is 4.42 Å². The SMILES string of the molecule is CCNC(c1coc2ccccc12)C(C)c1ccccn1. The number of hydrogen-bond acceptors (Lipinski definition) is 3. The summed E-state index contributed by atoms with van der Waals surface area (Å²) >= 11 is 0. The molecule has 3 nitrogen and oxygen atoms in total. The first-order valence-electron chi connectivity index (χ1n) is 7.41. The summed E-state index contributed by atoms with van der Waals surface area (Å²) in [5, 5.41) is 4.75. The Labute approximate surface area is 125 Å². The van der Waals surface area contributed by atoms with Crippen LogP contribution in [0.3, 0.4) is 0 Å². The normalized spacial score (nSPS) is 14.2. The third kappa shape index (κ3) is 2.69. The molecule has 0 bridgehead atoms. The lowest BCUT2D eigenvalue weighted by Crippen LogP contribution is -2.26. The van der Waals surface area contributed by atoms with Gasteiger partial charge in [-0.2, -0.15) is 0 Å². The number of para-hydroxylation sites is 1. The van der Waals surface area contributed by atoms with Gasteiger partial charge in [0.1, 0.15) is 5.58 Å². The second-order valence-corrected chi connectivity index (χ2v) is 5.27. The van der Waals surface area contributed by atoms with Gasteiger partial charge < -0.3 is 9.73 Å². The number of fused-ring (bicyclic) bond motifs is 1. The molecule has 0 aliphatic carbocycles. The largest absolute Gasteiger partial charge is 0.464 e. The van der Waals surface area contributed by atoms with E-state index in [9.17, 15) is 0 Å². The number of nitrogens with zero attached hydrogens (tertiary/aromatic N) is 1. The minimum atomic E-state index is 0.188. The van der Waals surface area contributed by atoms with Crippen molar-refractivity contribution in [2.75, 3.05) is 6.54 Å². The number of furan rings is 1. The Bertz CT molecular complexity index is 705. The van der Waals surface area contributed by atoms with Gasteiger partial charge in [0.15, 0.2) is 0 Å². The average molecular weight is 280 g/mol. The van der Waals surface area contributed by atoms with Crippen LogP contribution < -0.4 is 5.32 Å². The van der Waals surface area contributed by atoms with Crippen molar-refractivity contribution in [3.8, 4) is 0 Å². The van der Waals surface area contributed by atoms with Crippen LogP contribution in [-0.2, 0) is 0 Å². The fraction of sp³-hybridized carbons (Fsp3) is 0.278. The molecule has 2 unspecified atom stereocenters. The first-order valence-corrected chi connectivity index (χ1v) is 7.41. The maximum absolute atomic E-state index is 5.70. The summed E-state index contributed by atoms with van der Waals surface area (Å²) in [5.74, 6) is 0.271. The van der Waals surface area contributed by atoms with E-state index in [1.54, 1.807) is 0 Å². The first-order chi connectivity index (χ1) is 10.3. The maximum atomic E-state index is 5.70. The Morgan fingerprint density at radius 1 is 1.14 bits per heavy atom. The van der Waals surface area contributed by atoms with Gasteiger partial charge in [-0.15, -0.1) is 0 Å². The Morgan fingerprint density at radius 2 is 1.95 bits per heavy atom. The number of hydrogen-bond donors (Lipinski definition) is 1. The summed E-state index contributed by atoms with van der Waals surface area (Å²) in [6, 6.07) is 14.4. The number of likely N-dealkylation sites (N-methyl/N-ethyl adjacent to an activating group) is 1. The summed E-state index contributed by atoms with van der Waals surface area (Å²) in [5.41, 5.74) is 3.22. The molecule has 0 saturated heterocycles. The van der Waals surface area contributed by atoms with E-state index in [1.165, 1.54) is 10.9 Å². The third-order valence-electron chi connectivity index (χ3n) is 3.92. The van der Waals surface area contributed by atoms with Crippen LogP contribution in [0.4, 0.5) is 0 Å². The molecule has 0 amide bonds. The lowest BCUT2D eigenvalue weighted by molar-refractivity contribution is 0.467. The van der Waals surface area contributed by atoms with Gasteiger partial charge >= 0.3 is 0 Å². The minimum absolute atomic E-state index is 0.188. The Kier molecular flexibility index (Phi) is 4.02.